The number of carboxylic acids is 2. The molecule has 206 valence electrons. The number of aliphatic carboxylic acids is 1. The van der Waals surface area contributed by atoms with Crippen LogP contribution in [0.25, 0.3) is 0 Å². The SMILES string of the molecule is C=C(C)C(=O)O.C=C(C)C(=O)OCCCCO.CCC(CO)(CO)CO.O=C(O)c1ccccc1O. The van der Waals surface area contributed by atoms with E-state index in [1.807, 2.05) is 6.92 Å². The molecule has 7 N–H and O–H groups in total. The Labute approximate surface area is 211 Å². The summed E-state index contributed by atoms with van der Waals surface area (Å²) in [5.74, 6) is -2.61. The zero-order valence-corrected chi connectivity index (χ0v) is 21.1. The molecule has 0 saturated heterocycles. The molecular weight excluding hydrogens is 476 g/mol. The van der Waals surface area contributed by atoms with Crippen molar-refractivity contribution in [2.45, 2.75) is 40.0 Å². The molecule has 11 nitrogen and oxygen atoms in total. The number of aromatic carboxylic acids is 1. The van der Waals surface area contributed by atoms with Crippen LogP contribution in [-0.4, -0.2) is 86.7 Å². The van der Waals surface area contributed by atoms with E-state index in [1.165, 1.54) is 19.1 Å². The zero-order chi connectivity index (χ0) is 28.7. The molecule has 36 heavy (non-hydrogen) atoms. The number of ether oxygens (including phenoxy) is 1. The minimum absolute atomic E-state index is 0.0671. The first kappa shape index (κ1) is 37.3. The zero-order valence-electron chi connectivity index (χ0n) is 21.1. The van der Waals surface area contributed by atoms with Crippen molar-refractivity contribution in [3.05, 3.63) is 54.1 Å². The molecule has 0 fully saturated rings. The van der Waals surface area contributed by atoms with Crippen LogP contribution in [0.15, 0.2) is 48.6 Å². The fourth-order valence-corrected chi connectivity index (χ4v) is 1.64. The number of para-hydroxylation sites is 1. The minimum atomic E-state index is -1.11. The van der Waals surface area contributed by atoms with Gasteiger partial charge >= 0.3 is 17.9 Å². The van der Waals surface area contributed by atoms with E-state index in [9.17, 15) is 14.4 Å². The van der Waals surface area contributed by atoms with Gasteiger partial charge in [0.15, 0.2) is 0 Å². The Kier molecular flexibility index (Phi) is 23.0. The molecule has 0 bridgehead atoms. The first-order valence-corrected chi connectivity index (χ1v) is 10.9. The van der Waals surface area contributed by atoms with Gasteiger partial charge in [0.1, 0.15) is 11.3 Å². The van der Waals surface area contributed by atoms with Gasteiger partial charge < -0.3 is 40.5 Å². The summed E-state index contributed by atoms with van der Waals surface area (Å²) in [7, 11) is 0. The quantitative estimate of drug-likeness (QED) is 0.129. The number of carbonyl (C=O) groups excluding carboxylic acids is 1. The second kappa shape index (κ2) is 22.2. The Balaban J connectivity index is -0.000000412. The predicted octanol–water partition coefficient (Wildman–Crippen LogP) is 1.98. The molecule has 0 heterocycles. The second-order valence-electron chi connectivity index (χ2n) is 7.58. The second-order valence-corrected chi connectivity index (χ2v) is 7.58. The average molecular weight is 517 g/mol. The average Bonchev–Trinajstić information content (AvgIpc) is 2.84. The highest BCUT2D eigenvalue weighted by atomic mass is 16.5. The third kappa shape index (κ3) is 19.1. The highest BCUT2D eigenvalue weighted by molar-refractivity contribution is 5.90. The molecule has 0 aliphatic carbocycles. The number of carboxylic acid groups (broad SMARTS) is 2. The van der Waals surface area contributed by atoms with E-state index < -0.39 is 17.4 Å². The molecule has 0 aliphatic heterocycles. The third-order valence-electron chi connectivity index (χ3n) is 4.39. The van der Waals surface area contributed by atoms with Crippen molar-refractivity contribution in [2.75, 3.05) is 33.0 Å². The lowest BCUT2D eigenvalue weighted by molar-refractivity contribution is -0.139. The van der Waals surface area contributed by atoms with Crippen LogP contribution in [0, 0.1) is 5.41 Å². The first-order chi connectivity index (χ1) is 16.8. The Bertz CT molecular complexity index is 769. The standard InChI is InChI=1S/C8H14O3.C7H6O3.C6H14O3.C4H6O2/c1-7(2)8(10)11-6-4-3-5-9;8-6-4-2-1-3-5(6)7(9)10;1-2-6(3-7,4-8)5-9;1-3(2)4(5)6/h9H,1,3-6H2,2H3;1-4,8H,(H,9,10);7-9H,2-5H2,1H3;1H2,2H3,(H,5,6). The summed E-state index contributed by atoms with van der Waals surface area (Å²) in [6.45, 7) is 11.5. The highest BCUT2D eigenvalue weighted by Crippen LogP contribution is 2.18. The maximum Gasteiger partial charge on any atom is 0.339 e. The van der Waals surface area contributed by atoms with Crippen LogP contribution < -0.4 is 0 Å². The van der Waals surface area contributed by atoms with E-state index in [4.69, 9.17) is 40.5 Å². The van der Waals surface area contributed by atoms with E-state index >= 15 is 0 Å². The molecule has 0 radical (unpaired) electrons. The molecule has 1 aromatic rings. The van der Waals surface area contributed by atoms with E-state index in [0.717, 1.165) is 0 Å². The predicted molar refractivity (Wildman–Crippen MR) is 134 cm³/mol. The lowest BCUT2D eigenvalue weighted by Crippen LogP contribution is -2.32. The number of rotatable bonds is 11. The summed E-state index contributed by atoms with van der Waals surface area (Å²) in [5.41, 5.74) is -0.147. The van der Waals surface area contributed by atoms with Gasteiger partial charge in [-0.15, -0.1) is 0 Å². The lowest BCUT2D eigenvalue weighted by Gasteiger charge is -2.24. The topological polar surface area (TPSA) is 202 Å². The number of carbonyl (C=O) groups is 3. The number of phenols is 1. The fourth-order valence-electron chi connectivity index (χ4n) is 1.64. The van der Waals surface area contributed by atoms with Gasteiger partial charge in [0, 0.05) is 23.2 Å². The number of hydrogen-bond acceptors (Lipinski definition) is 9. The van der Waals surface area contributed by atoms with Gasteiger partial charge in [-0.2, -0.15) is 0 Å². The van der Waals surface area contributed by atoms with Crippen molar-refractivity contribution in [3.8, 4) is 5.75 Å². The number of hydrogen-bond donors (Lipinski definition) is 7. The molecule has 0 aliphatic rings. The van der Waals surface area contributed by atoms with E-state index in [-0.39, 0.29) is 49.3 Å². The van der Waals surface area contributed by atoms with E-state index in [2.05, 4.69) is 13.2 Å². The summed E-state index contributed by atoms with van der Waals surface area (Å²) in [5, 5.41) is 59.5. The number of aliphatic hydroxyl groups is 4. The van der Waals surface area contributed by atoms with Gasteiger partial charge in [-0.05, 0) is 45.2 Å². The van der Waals surface area contributed by atoms with Crippen molar-refractivity contribution in [3.63, 3.8) is 0 Å². The lowest BCUT2D eigenvalue weighted by atomic mass is 9.88. The normalized spacial score (nSPS) is 9.64. The molecule has 0 amide bonds. The maximum atomic E-state index is 10.7. The van der Waals surface area contributed by atoms with Crippen molar-refractivity contribution in [1.82, 2.24) is 0 Å². The molecule has 0 aromatic heterocycles. The number of aliphatic hydroxyl groups excluding tert-OH is 4. The Hall–Kier alpha value is -3.25. The summed E-state index contributed by atoms with van der Waals surface area (Å²) in [6, 6.07) is 5.81. The van der Waals surface area contributed by atoms with E-state index in [1.54, 1.807) is 19.1 Å². The van der Waals surface area contributed by atoms with E-state index in [0.29, 0.717) is 31.4 Å². The Morgan fingerprint density at radius 2 is 1.36 bits per heavy atom. The Morgan fingerprint density at radius 3 is 1.61 bits per heavy atom. The molecule has 1 aromatic carbocycles. The van der Waals surface area contributed by atoms with Crippen LogP contribution in [0.1, 0.15) is 50.4 Å². The van der Waals surface area contributed by atoms with Crippen LogP contribution in [0.3, 0.4) is 0 Å². The van der Waals surface area contributed by atoms with Crippen LogP contribution in [0.2, 0.25) is 0 Å². The summed E-state index contributed by atoms with van der Waals surface area (Å²) >= 11 is 0. The molecule has 0 unspecified atom stereocenters. The number of benzene rings is 1. The number of aromatic hydroxyl groups is 1. The van der Waals surface area contributed by atoms with Crippen LogP contribution >= 0.6 is 0 Å². The summed E-state index contributed by atoms with van der Waals surface area (Å²) < 4.78 is 4.76. The largest absolute Gasteiger partial charge is 0.507 e. The van der Waals surface area contributed by atoms with Gasteiger partial charge in [0.25, 0.3) is 0 Å². The number of unbranched alkanes of at least 4 members (excludes halogenated alkanes) is 1. The number of esters is 1. The van der Waals surface area contributed by atoms with Crippen molar-refractivity contribution in [2.24, 2.45) is 5.41 Å². The summed E-state index contributed by atoms with van der Waals surface area (Å²) in [6.07, 6.45) is 1.97. The molecule has 0 saturated carbocycles. The first-order valence-electron chi connectivity index (χ1n) is 10.9. The minimum Gasteiger partial charge on any atom is -0.507 e. The van der Waals surface area contributed by atoms with Gasteiger partial charge in [0.2, 0.25) is 0 Å². The van der Waals surface area contributed by atoms with Gasteiger partial charge in [-0.3, -0.25) is 0 Å². The van der Waals surface area contributed by atoms with Crippen LogP contribution in [-0.2, 0) is 14.3 Å². The Morgan fingerprint density at radius 1 is 0.889 bits per heavy atom. The highest BCUT2D eigenvalue weighted by Gasteiger charge is 2.24. The summed E-state index contributed by atoms with van der Waals surface area (Å²) in [4.78, 5) is 30.6. The molecule has 0 atom stereocenters. The molecule has 11 heteroatoms. The van der Waals surface area contributed by atoms with Crippen LogP contribution in [0.5, 0.6) is 5.75 Å². The van der Waals surface area contributed by atoms with Crippen molar-refractivity contribution in [1.29, 1.82) is 0 Å². The monoisotopic (exact) mass is 516 g/mol. The third-order valence-corrected chi connectivity index (χ3v) is 4.39. The van der Waals surface area contributed by atoms with Crippen molar-refractivity contribution >= 4 is 17.9 Å². The fraction of sp³-hybridized carbons (Fsp3) is 0.480. The molecular formula is C25H40O11. The van der Waals surface area contributed by atoms with Gasteiger partial charge in [-0.1, -0.05) is 32.2 Å². The molecule has 1 rings (SSSR count). The van der Waals surface area contributed by atoms with Crippen molar-refractivity contribution < 1.29 is 54.9 Å². The molecule has 0 spiro atoms. The van der Waals surface area contributed by atoms with Gasteiger partial charge in [0.05, 0.1) is 26.4 Å². The van der Waals surface area contributed by atoms with Crippen LogP contribution in [0.4, 0.5) is 0 Å². The smallest absolute Gasteiger partial charge is 0.339 e. The van der Waals surface area contributed by atoms with Gasteiger partial charge in [-0.25, -0.2) is 14.4 Å². The maximum absolute atomic E-state index is 10.7.